The lowest BCUT2D eigenvalue weighted by Crippen LogP contribution is -2.32. The summed E-state index contributed by atoms with van der Waals surface area (Å²) in [6.07, 6.45) is 4.17. The Morgan fingerprint density at radius 1 is 1.35 bits per heavy atom. The molecule has 17 heavy (non-hydrogen) atoms. The van der Waals surface area contributed by atoms with Crippen molar-refractivity contribution in [1.29, 1.82) is 0 Å². The van der Waals surface area contributed by atoms with Crippen molar-refractivity contribution in [1.82, 2.24) is 9.97 Å². The van der Waals surface area contributed by atoms with Crippen molar-refractivity contribution in [3.8, 4) is 0 Å². The van der Waals surface area contributed by atoms with Crippen molar-refractivity contribution in [2.24, 2.45) is 0 Å². The second-order valence-corrected chi connectivity index (χ2v) is 4.76. The lowest BCUT2D eigenvalue weighted by molar-refractivity contribution is -0.0460. The molecule has 1 fully saturated rings. The number of hydrogen-bond acceptors (Lipinski definition) is 3. The molecule has 0 radical (unpaired) electrons. The Bertz CT molecular complexity index is 459. The standard InChI is InChI=1S/C13H20N2O2/c1-4-17-13(7-5-6-8-13)12-14-10(3)9(2)11(16)15-12/h4-8H2,1-3H3,(H,14,15,16). The molecular weight excluding hydrogens is 216 g/mol. The first-order valence-corrected chi connectivity index (χ1v) is 6.31. The van der Waals surface area contributed by atoms with E-state index in [4.69, 9.17) is 4.74 Å². The molecule has 1 saturated carbocycles. The van der Waals surface area contributed by atoms with Gasteiger partial charge in [0, 0.05) is 17.9 Å². The van der Waals surface area contributed by atoms with E-state index in [2.05, 4.69) is 9.97 Å². The maximum atomic E-state index is 11.8. The number of aryl methyl sites for hydroxylation is 1. The van der Waals surface area contributed by atoms with E-state index >= 15 is 0 Å². The number of ether oxygens (including phenoxy) is 1. The van der Waals surface area contributed by atoms with Gasteiger partial charge in [-0.15, -0.1) is 0 Å². The molecule has 94 valence electrons. The summed E-state index contributed by atoms with van der Waals surface area (Å²) in [5.41, 5.74) is 1.10. The number of H-pyrrole nitrogens is 1. The van der Waals surface area contributed by atoms with Gasteiger partial charge in [-0.3, -0.25) is 4.79 Å². The van der Waals surface area contributed by atoms with Crippen LogP contribution in [0.5, 0.6) is 0 Å². The molecule has 1 aromatic heterocycles. The van der Waals surface area contributed by atoms with Crippen LogP contribution in [0.4, 0.5) is 0 Å². The van der Waals surface area contributed by atoms with Crippen LogP contribution in [0.15, 0.2) is 4.79 Å². The number of aromatic amines is 1. The number of nitrogens with zero attached hydrogens (tertiary/aromatic N) is 1. The SMILES string of the molecule is CCOC1(c2nc(C)c(C)c(=O)[nH]2)CCCC1. The topological polar surface area (TPSA) is 55.0 Å². The first-order valence-electron chi connectivity index (χ1n) is 6.31. The Hall–Kier alpha value is -1.16. The minimum atomic E-state index is -0.355. The van der Waals surface area contributed by atoms with Gasteiger partial charge in [-0.25, -0.2) is 4.98 Å². The average Bonchev–Trinajstić information content (AvgIpc) is 2.75. The molecule has 0 aromatic carbocycles. The van der Waals surface area contributed by atoms with E-state index < -0.39 is 0 Å². The highest BCUT2D eigenvalue weighted by molar-refractivity contribution is 5.17. The first kappa shape index (κ1) is 12.3. The molecule has 0 unspecified atom stereocenters. The van der Waals surface area contributed by atoms with Crippen molar-refractivity contribution < 1.29 is 4.74 Å². The van der Waals surface area contributed by atoms with Gasteiger partial charge >= 0.3 is 0 Å². The molecule has 1 heterocycles. The summed E-state index contributed by atoms with van der Waals surface area (Å²) >= 11 is 0. The predicted octanol–water partition coefficient (Wildman–Crippen LogP) is 2.19. The zero-order chi connectivity index (χ0) is 12.5. The Morgan fingerprint density at radius 3 is 2.53 bits per heavy atom. The molecule has 1 N–H and O–H groups in total. The Kier molecular flexibility index (Phi) is 3.33. The van der Waals surface area contributed by atoms with E-state index in [9.17, 15) is 4.79 Å². The van der Waals surface area contributed by atoms with Gasteiger partial charge in [0.05, 0.1) is 0 Å². The summed E-state index contributed by atoms with van der Waals surface area (Å²) < 4.78 is 5.89. The van der Waals surface area contributed by atoms with Gasteiger partial charge in [-0.2, -0.15) is 0 Å². The third kappa shape index (κ3) is 2.14. The zero-order valence-electron chi connectivity index (χ0n) is 10.8. The third-order valence-corrected chi connectivity index (χ3v) is 3.66. The maximum Gasteiger partial charge on any atom is 0.254 e. The normalized spacial score (nSPS) is 18.5. The van der Waals surface area contributed by atoms with Gasteiger partial charge in [0.15, 0.2) is 0 Å². The van der Waals surface area contributed by atoms with E-state index in [0.717, 1.165) is 31.4 Å². The summed E-state index contributed by atoms with van der Waals surface area (Å²) in [6.45, 7) is 6.31. The highest BCUT2D eigenvalue weighted by Crippen LogP contribution is 2.40. The number of aromatic nitrogens is 2. The average molecular weight is 236 g/mol. The molecule has 4 nitrogen and oxygen atoms in total. The molecule has 0 aliphatic heterocycles. The van der Waals surface area contributed by atoms with Crippen molar-refractivity contribution in [2.75, 3.05) is 6.61 Å². The molecule has 4 heteroatoms. The molecule has 1 aromatic rings. The van der Waals surface area contributed by atoms with Crippen LogP contribution in [0.2, 0.25) is 0 Å². The van der Waals surface area contributed by atoms with Crippen LogP contribution in [0.1, 0.15) is 49.7 Å². The summed E-state index contributed by atoms with van der Waals surface area (Å²) in [5.74, 6) is 0.713. The largest absolute Gasteiger partial charge is 0.367 e. The van der Waals surface area contributed by atoms with Crippen LogP contribution in [0.3, 0.4) is 0 Å². The molecule has 0 bridgehead atoms. The third-order valence-electron chi connectivity index (χ3n) is 3.66. The minimum Gasteiger partial charge on any atom is -0.367 e. The molecule has 0 amide bonds. The number of rotatable bonds is 3. The summed E-state index contributed by atoms with van der Waals surface area (Å²) in [6, 6.07) is 0. The van der Waals surface area contributed by atoms with E-state index in [-0.39, 0.29) is 11.2 Å². The molecule has 0 atom stereocenters. The smallest absolute Gasteiger partial charge is 0.254 e. The molecule has 2 rings (SSSR count). The van der Waals surface area contributed by atoms with Crippen LogP contribution >= 0.6 is 0 Å². The minimum absolute atomic E-state index is 0.0431. The zero-order valence-corrected chi connectivity index (χ0v) is 10.8. The lowest BCUT2D eigenvalue weighted by atomic mass is 10.0. The molecule has 1 aliphatic carbocycles. The quantitative estimate of drug-likeness (QED) is 0.875. The lowest BCUT2D eigenvalue weighted by Gasteiger charge is -2.28. The van der Waals surface area contributed by atoms with Crippen LogP contribution in [-0.4, -0.2) is 16.6 Å². The van der Waals surface area contributed by atoms with E-state index in [1.165, 1.54) is 0 Å². The van der Waals surface area contributed by atoms with E-state index in [1.54, 1.807) is 6.92 Å². The summed E-state index contributed by atoms with van der Waals surface area (Å²) in [4.78, 5) is 19.2. The van der Waals surface area contributed by atoms with Gasteiger partial charge in [-0.1, -0.05) is 0 Å². The van der Waals surface area contributed by atoms with Crippen molar-refractivity contribution in [3.63, 3.8) is 0 Å². The summed E-state index contributed by atoms with van der Waals surface area (Å²) in [5, 5.41) is 0. The second kappa shape index (κ2) is 4.61. The fourth-order valence-corrected chi connectivity index (χ4v) is 2.53. The van der Waals surface area contributed by atoms with Gasteiger partial charge in [0.25, 0.3) is 5.56 Å². The predicted molar refractivity (Wildman–Crippen MR) is 66.1 cm³/mol. The molecule has 0 spiro atoms. The van der Waals surface area contributed by atoms with Gasteiger partial charge in [-0.05, 0) is 46.5 Å². The summed E-state index contributed by atoms with van der Waals surface area (Å²) in [7, 11) is 0. The maximum absolute atomic E-state index is 11.8. The monoisotopic (exact) mass is 236 g/mol. The van der Waals surface area contributed by atoms with Crippen molar-refractivity contribution >= 4 is 0 Å². The fraction of sp³-hybridized carbons (Fsp3) is 0.692. The number of nitrogens with one attached hydrogen (secondary N) is 1. The second-order valence-electron chi connectivity index (χ2n) is 4.76. The Balaban J connectivity index is 2.47. The van der Waals surface area contributed by atoms with Crippen molar-refractivity contribution in [3.05, 3.63) is 27.4 Å². The van der Waals surface area contributed by atoms with Gasteiger partial charge in [0.2, 0.25) is 0 Å². The highest BCUT2D eigenvalue weighted by atomic mass is 16.5. The van der Waals surface area contributed by atoms with E-state index in [0.29, 0.717) is 18.0 Å². The molecule has 0 saturated heterocycles. The molecular formula is C13H20N2O2. The van der Waals surface area contributed by atoms with Crippen LogP contribution in [0, 0.1) is 13.8 Å². The van der Waals surface area contributed by atoms with Crippen LogP contribution in [0.25, 0.3) is 0 Å². The van der Waals surface area contributed by atoms with E-state index in [1.807, 2.05) is 13.8 Å². The Labute approximate surface area is 101 Å². The van der Waals surface area contributed by atoms with Crippen molar-refractivity contribution in [2.45, 2.75) is 52.1 Å². The Morgan fingerprint density at radius 2 is 2.00 bits per heavy atom. The van der Waals surface area contributed by atoms with Gasteiger partial charge in [0.1, 0.15) is 11.4 Å². The number of hydrogen-bond donors (Lipinski definition) is 1. The fourth-order valence-electron chi connectivity index (χ4n) is 2.53. The first-order chi connectivity index (χ1) is 8.09. The van der Waals surface area contributed by atoms with Crippen LogP contribution in [-0.2, 0) is 10.3 Å². The highest BCUT2D eigenvalue weighted by Gasteiger charge is 2.39. The van der Waals surface area contributed by atoms with Gasteiger partial charge < -0.3 is 9.72 Å². The van der Waals surface area contributed by atoms with Crippen LogP contribution < -0.4 is 5.56 Å². The molecule has 1 aliphatic rings.